The summed E-state index contributed by atoms with van der Waals surface area (Å²) in [6, 6.07) is 2.22. The van der Waals surface area contributed by atoms with Crippen molar-refractivity contribution in [2.75, 3.05) is 0 Å². The van der Waals surface area contributed by atoms with Crippen molar-refractivity contribution in [1.82, 2.24) is 0 Å². The van der Waals surface area contributed by atoms with Gasteiger partial charge in [-0.2, -0.15) is 5.26 Å². The van der Waals surface area contributed by atoms with Crippen molar-refractivity contribution >= 4 is 0 Å². The van der Waals surface area contributed by atoms with Crippen LogP contribution in [0.3, 0.4) is 0 Å². The SMILES string of the molecule is CC(C)(C)C1CC=C(CC#N)CC1. The van der Waals surface area contributed by atoms with Crippen LogP contribution in [0.15, 0.2) is 11.6 Å². The van der Waals surface area contributed by atoms with Crippen LogP contribution in [0.5, 0.6) is 0 Å². The Morgan fingerprint density at radius 2 is 2.23 bits per heavy atom. The van der Waals surface area contributed by atoms with E-state index < -0.39 is 0 Å². The normalized spacial score (nSPS) is 23.5. The third kappa shape index (κ3) is 2.88. The second kappa shape index (κ2) is 3.96. The Hall–Kier alpha value is -0.770. The minimum absolute atomic E-state index is 0.425. The van der Waals surface area contributed by atoms with Gasteiger partial charge in [-0.25, -0.2) is 0 Å². The van der Waals surface area contributed by atoms with Crippen molar-refractivity contribution in [3.63, 3.8) is 0 Å². The zero-order valence-corrected chi connectivity index (χ0v) is 8.93. The Bertz CT molecular complexity index is 237. The molecule has 0 amide bonds. The highest BCUT2D eigenvalue weighted by Gasteiger charge is 2.25. The van der Waals surface area contributed by atoms with Gasteiger partial charge in [-0.3, -0.25) is 0 Å². The Morgan fingerprint density at radius 3 is 2.62 bits per heavy atom. The molecule has 0 fully saturated rings. The number of hydrogen-bond acceptors (Lipinski definition) is 1. The van der Waals surface area contributed by atoms with E-state index in [-0.39, 0.29) is 0 Å². The van der Waals surface area contributed by atoms with Crippen molar-refractivity contribution in [2.24, 2.45) is 11.3 Å². The molecule has 1 nitrogen and oxygen atoms in total. The summed E-state index contributed by atoms with van der Waals surface area (Å²) in [5.41, 5.74) is 1.78. The molecule has 0 heterocycles. The third-order valence-corrected chi connectivity index (χ3v) is 3.04. The van der Waals surface area contributed by atoms with Crippen LogP contribution in [0, 0.1) is 22.7 Å². The molecule has 13 heavy (non-hydrogen) atoms. The Kier molecular flexibility index (Phi) is 3.14. The molecule has 0 radical (unpaired) electrons. The van der Waals surface area contributed by atoms with E-state index in [1.807, 2.05) is 0 Å². The number of nitriles is 1. The first-order chi connectivity index (χ1) is 6.04. The Morgan fingerprint density at radius 1 is 1.54 bits per heavy atom. The van der Waals surface area contributed by atoms with E-state index in [9.17, 15) is 0 Å². The lowest BCUT2D eigenvalue weighted by molar-refractivity contribution is 0.220. The number of allylic oxidation sites excluding steroid dienone is 2. The van der Waals surface area contributed by atoms with Crippen molar-refractivity contribution < 1.29 is 0 Å². The summed E-state index contributed by atoms with van der Waals surface area (Å²) in [6.45, 7) is 6.92. The Balaban J connectivity index is 2.52. The van der Waals surface area contributed by atoms with Gasteiger partial charge in [-0.15, -0.1) is 0 Å². The van der Waals surface area contributed by atoms with E-state index in [0.29, 0.717) is 11.8 Å². The van der Waals surface area contributed by atoms with Gasteiger partial charge in [0.25, 0.3) is 0 Å². The van der Waals surface area contributed by atoms with E-state index >= 15 is 0 Å². The van der Waals surface area contributed by atoms with E-state index in [0.717, 1.165) is 12.3 Å². The predicted octanol–water partition coefficient (Wildman–Crippen LogP) is 3.67. The number of hydrogen-bond donors (Lipinski definition) is 0. The van der Waals surface area contributed by atoms with Crippen molar-refractivity contribution in [1.29, 1.82) is 5.26 Å². The zero-order chi connectivity index (χ0) is 9.90. The fourth-order valence-corrected chi connectivity index (χ4v) is 1.94. The minimum atomic E-state index is 0.425. The summed E-state index contributed by atoms with van der Waals surface area (Å²) < 4.78 is 0. The summed E-state index contributed by atoms with van der Waals surface area (Å²) in [7, 11) is 0. The molecule has 1 rings (SSSR count). The van der Waals surface area contributed by atoms with Crippen molar-refractivity contribution in [3.8, 4) is 6.07 Å². The first-order valence-electron chi connectivity index (χ1n) is 5.09. The van der Waals surface area contributed by atoms with Gasteiger partial charge < -0.3 is 0 Å². The van der Waals surface area contributed by atoms with Gasteiger partial charge in [0, 0.05) is 0 Å². The molecule has 0 aromatic heterocycles. The molecule has 0 aromatic rings. The maximum atomic E-state index is 8.55. The molecule has 0 saturated carbocycles. The zero-order valence-electron chi connectivity index (χ0n) is 8.93. The number of nitrogens with zero attached hydrogens (tertiary/aromatic N) is 1. The van der Waals surface area contributed by atoms with E-state index in [1.54, 1.807) is 0 Å². The summed E-state index contributed by atoms with van der Waals surface area (Å²) in [5, 5.41) is 8.55. The first-order valence-corrected chi connectivity index (χ1v) is 5.09. The molecular weight excluding hydrogens is 158 g/mol. The molecular formula is C12H19N. The lowest BCUT2D eigenvalue weighted by Crippen LogP contribution is -2.22. The highest BCUT2D eigenvalue weighted by molar-refractivity contribution is 5.11. The maximum absolute atomic E-state index is 8.55. The van der Waals surface area contributed by atoms with E-state index in [2.05, 4.69) is 32.9 Å². The highest BCUT2D eigenvalue weighted by Crippen LogP contribution is 2.37. The Labute approximate surface area is 81.5 Å². The quantitative estimate of drug-likeness (QED) is 0.560. The number of rotatable bonds is 1. The lowest BCUT2D eigenvalue weighted by Gasteiger charge is -2.32. The average molecular weight is 177 g/mol. The van der Waals surface area contributed by atoms with Gasteiger partial charge in [0.2, 0.25) is 0 Å². The van der Waals surface area contributed by atoms with E-state index in [1.165, 1.54) is 18.4 Å². The summed E-state index contributed by atoms with van der Waals surface area (Å²) in [6.07, 6.45) is 6.48. The van der Waals surface area contributed by atoms with Crippen LogP contribution in [0.1, 0.15) is 46.5 Å². The topological polar surface area (TPSA) is 23.8 Å². The van der Waals surface area contributed by atoms with Crippen LogP contribution in [-0.2, 0) is 0 Å². The van der Waals surface area contributed by atoms with E-state index in [4.69, 9.17) is 5.26 Å². The molecule has 72 valence electrons. The molecule has 0 aliphatic heterocycles. The van der Waals surface area contributed by atoms with Crippen LogP contribution in [-0.4, -0.2) is 0 Å². The van der Waals surface area contributed by atoms with Crippen LogP contribution in [0.4, 0.5) is 0 Å². The van der Waals surface area contributed by atoms with Gasteiger partial charge >= 0.3 is 0 Å². The van der Waals surface area contributed by atoms with Gasteiger partial charge in [-0.1, -0.05) is 32.4 Å². The summed E-state index contributed by atoms with van der Waals surface area (Å²) in [5.74, 6) is 0.801. The fourth-order valence-electron chi connectivity index (χ4n) is 1.94. The van der Waals surface area contributed by atoms with Crippen molar-refractivity contribution in [3.05, 3.63) is 11.6 Å². The molecule has 0 bridgehead atoms. The first kappa shape index (κ1) is 10.3. The van der Waals surface area contributed by atoms with Crippen LogP contribution >= 0.6 is 0 Å². The third-order valence-electron chi connectivity index (χ3n) is 3.04. The molecule has 1 aliphatic carbocycles. The fraction of sp³-hybridized carbons (Fsp3) is 0.750. The summed E-state index contributed by atoms with van der Waals surface area (Å²) in [4.78, 5) is 0. The molecule has 0 saturated heterocycles. The molecule has 1 aliphatic rings. The largest absolute Gasteiger partial charge is 0.198 e. The monoisotopic (exact) mass is 177 g/mol. The van der Waals surface area contributed by atoms with Crippen molar-refractivity contribution in [2.45, 2.75) is 46.5 Å². The second-order valence-corrected chi connectivity index (χ2v) is 5.03. The second-order valence-electron chi connectivity index (χ2n) is 5.03. The smallest absolute Gasteiger partial charge is 0.0666 e. The van der Waals surface area contributed by atoms with Crippen LogP contribution in [0.2, 0.25) is 0 Å². The standard InChI is InChI=1S/C12H19N/c1-12(2,3)11-6-4-10(5-7-11)8-9-13/h4,11H,5-8H2,1-3H3. The van der Waals surface area contributed by atoms with Gasteiger partial charge in [-0.05, 0) is 30.6 Å². The summed E-state index contributed by atoms with van der Waals surface area (Å²) >= 11 is 0. The molecule has 1 unspecified atom stereocenters. The highest BCUT2D eigenvalue weighted by atomic mass is 14.3. The molecule has 1 heteroatoms. The van der Waals surface area contributed by atoms with Gasteiger partial charge in [0.1, 0.15) is 0 Å². The molecule has 0 spiro atoms. The minimum Gasteiger partial charge on any atom is -0.198 e. The predicted molar refractivity (Wildman–Crippen MR) is 55.1 cm³/mol. The molecule has 0 N–H and O–H groups in total. The van der Waals surface area contributed by atoms with Gasteiger partial charge in [0.15, 0.2) is 0 Å². The molecule has 0 aromatic carbocycles. The average Bonchev–Trinajstić information content (AvgIpc) is 2.04. The molecule has 1 atom stereocenters. The van der Waals surface area contributed by atoms with Gasteiger partial charge in [0.05, 0.1) is 12.5 Å². The maximum Gasteiger partial charge on any atom is 0.0666 e. The lowest BCUT2D eigenvalue weighted by atomic mass is 9.73. The van der Waals surface area contributed by atoms with Crippen LogP contribution < -0.4 is 0 Å². The van der Waals surface area contributed by atoms with Crippen LogP contribution in [0.25, 0.3) is 0 Å².